The van der Waals surface area contributed by atoms with E-state index in [1.165, 1.54) is 23.7 Å². The molecule has 11 N–H and O–H groups in total. The van der Waals surface area contributed by atoms with Crippen LogP contribution in [-0.2, 0) is 67.3 Å². The molecule has 23 nitrogen and oxygen atoms in total. The van der Waals surface area contributed by atoms with E-state index in [1.54, 1.807) is 25.3 Å². The Morgan fingerprint density at radius 1 is 0.761 bits per heavy atom. The number of nitrogens with one attached hydrogen (secondary N) is 6. The molecule has 0 aliphatic rings. The molecular formula is C48H76N10O13. The lowest BCUT2D eigenvalue weighted by Crippen LogP contribution is -2.57. The van der Waals surface area contributed by atoms with Gasteiger partial charge in [0.2, 0.25) is 35.4 Å². The fourth-order valence-electron chi connectivity index (χ4n) is 7.33. The topological polar surface area (TPSA) is 352 Å². The molecule has 2 rings (SSSR count). The summed E-state index contributed by atoms with van der Waals surface area (Å²) in [4.78, 5) is 115. The van der Waals surface area contributed by atoms with Gasteiger partial charge in [-0.25, -0.2) is 4.68 Å². The predicted octanol–water partition coefficient (Wildman–Crippen LogP) is -0.164. The number of nitrogens with two attached hydrogens (primary N) is 1. The zero-order chi connectivity index (χ0) is 53.0. The molecule has 0 saturated carbocycles. The number of unbranched alkanes of at least 4 members (excludes halogenated alkanes) is 1. The molecule has 0 aliphatic heterocycles. The fraction of sp³-hybridized carbons (Fsp3) is 0.646. The first-order valence-electron chi connectivity index (χ1n) is 24.2. The quantitative estimate of drug-likeness (QED) is 0.0397. The number of aromatic hydroxyl groups is 1. The summed E-state index contributed by atoms with van der Waals surface area (Å²) >= 11 is 0. The second kappa shape index (κ2) is 32.5. The van der Waals surface area contributed by atoms with Gasteiger partial charge in [-0.15, -0.1) is 5.10 Å². The van der Waals surface area contributed by atoms with Crippen molar-refractivity contribution in [1.82, 2.24) is 46.9 Å². The highest BCUT2D eigenvalue weighted by Gasteiger charge is 2.32. The maximum absolute atomic E-state index is 13.5. The number of aromatic nitrogens is 3. The molecule has 71 heavy (non-hydrogen) atoms. The van der Waals surface area contributed by atoms with E-state index in [2.05, 4.69) is 42.2 Å². The molecule has 1 aromatic carbocycles. The van der Waals surface area contributed by atoms with Crippen LogP contribution in [0.1, 0.15) is 104 Å². The van der Waals surface area contributed by atoms with Crippen LogP contribution in [0.5, 0.6) is 5.75 Å². The smallest absolute Gasteiger partial charge is 0.305 e. The van der Waals surface area contributed by atoms with Crippen molar-refractivity contribution in [2.45, 2.75) is 136 Å². The summed E-state index contributed by atoms with van der Waals surface area (Å²) in [5.41, 5.74) is 6.81. The molecule has 0 radical (unpaired) electrons. The Morgan fingerprint density at radius 3 is 2.06 bits per heavy atom. The van der Waals surface area contributed by atoms with Crippen molar-refractivity contribution in [1.29, 1.82) is 0 Å². The van der Waals surface area contributed by atoms with Crippen LogP contribution in [0.3, 0.4) is 0 Å². The molecule has 0 spiro atoms. The number of aliphatic carboxylic acids is 1. The highest BCUT2D eigenvalue weighted by molar-refractivity contribution is 5.95. The van der Waals surface area contributed by atoms with E-state index in [0.717, 1.165) is 0 Å². The van der Waals surface area contributed by atoms with Crippen molar-refractivity contribution in [3.8, 4) is 5.75 Å². The van der Waals surface area contributed by atoms with Gasteiger partial charge in [0.05, 0.1) is 45.0 Å². The number of aliphatic hydroxyl groups is 1. The van der Waals surface area contributed by atoms with Crippen molar-refractivity contribution in [2.24, 2.45) is 29.4 Å². The molecular weight excluding hydrogens is 925 g/mol. The standard InChI is InChI=1S/C48H76N10O13/c1-29(2)21-40(54-48(70)41(53-32(6)60)22-33-10-13-36(61)14-11-33)47(69)55-42(25-43(64)65)46(68)50-17-19-71-20-18-58-27-35(56-57-58)12-15-37(62)23-34(9-7-8-16-49)44(66)51-26-38(63)24-39(30(3)4)45(67)52-31(5)28-59/h10-11,13-14,27,29-31,34,39-42,59,61H,7-9,12,15-26,28,49H2,1-6H3,(H,50,68)(H,51,66)(H,52,67)(H,53,60)(H,54,70)(H,55,69)(H,64,65)/t31-,34-,39+,40-,41+,42+/m1/s1. The van der Waals surface area contributed by atoms with Crippen LogP contribution in [0.15, 0.2) is 30.5 Å². The lowest BCUT2D eigenvalue weighted by Gasteiger charge is -2.26. The third-order valence-corrected chi connectivity index (χ3v) is 11.2. The van der Waals surface area contributed by atoms with Crippen molar-refractivity contribution < 1.29 is 63.2 Å². The zero-order valence-corrected chi connectivity index (χ0v) is 41.9. The summed E-state index contributed by atoms with van der Waals surface area (Å²) in [6, 6.07) is 1.80. The van der Waals surface area contributed by atoms with Crippen molar-refractivity contribution in [3.63, 3.8) is 0 Å². The predicted molar refractivity (Wildman–Crippen MR) is 259 cm³/mol. The van der Waals surface area contributed by atoms with Gasteiger partial charge >= 0.3 is 5.97 Å². The minimum Gasteiger partial charge on any atom is -0.508 e. The Bertz CT molecular complexity index is 2050. The Hall–Kier alpha value is -6.33. The average molecular weight is 1000 g/mol. The maximum Gasteiger partial charge on any atom is 0.305 e. The van der Waals surface area contributed by atoms with Gasteiger partial charge in [-0.1, -0.05) is 51.5 Å². The van der Waals surface area contributed by atoms with E-state index >= 15 is 0 Å². The number of aryl methyl sites for hydroxylation is 1. The van der Waals surface area contributed by atoms with Crippen LogP contribution in [0.25, 0.3) is 0 Å². The third kappa shape index (κ3) is 24.9. The number of ketones is 2. The van der Waals surface area contributed by atoms with Gasteiger partial charge in [0, 0.05) is 63.2 Å². The zero-order valence-electron chi connectivity index (χ0n) is 41.9. The third-order valence-electron chi connectivity index (χ3n) is 11.2. The second-order valence-corrected chi connectivity index (χ2v) is 18.5. The molecule has 6 amide bonds. The largest absolute Gasteiger partial charge is 0.508 e. The number of nitrogens with zero attached hydrogens (tertiary/aromatic N) is 3. The number of phenolic OH excluding ortho intramolecular Hbond substituents is 1. The number of phenols is 1. The van der Waals surface area contributed by atoms with Crippen LogP contribution >= 0.6 is 0 Å². The Labute approximate surface area is 414 Å². The molecule has 6 atom stereocenters. The van der Waals surface area contributed by atoms with Gasteiger partial charge in [0.1, 0.15) is 29.7 Å². The monoisotopic (exact) mass is 1000 g/mol. The van der Waals surface area contributed by atoms with E-state index in [1.807, 2.05) is 27.7 Å². The van der Waals surface area contributed by atoms with Crippen LogP contribution in [0, 0.1) is 23.7 Å². The molecule has 396 valence electrons. The summed E-state index contributed by atoms with van der Waals surface area (Å²) in [5.74, 6) is -7.00. The highest BCUT2D eigenvalue weighted by Crippen LogP contribution is 2.19. The van der Waals surface area contributed by atoms with E-state index in [9.17, 15) is 58.5 Å². The highest BCUT2D eigenvalue weighted by atomic mass is 16.5. The van der Waals surface area contributed by atoms with Crippen LogP contribution in [0.2, 0.25) is 0 Å². The second-order valence-electron chi connectivity index (χ2n) is 18.5. The van der Waals surface area contributed by atoms with E-state index in [-0.39, 0.29) is 113 Å². The molecule has 1 aromatic heterocycles. The summed E-state index contributed by atoms with van der Waals surface area (Å²) in [6.45, 7) is 10.4. The SMILES string of the molecule is CC(=O)N[C@@H](Cc1ccc(O)cc1)C(=O)N[C@H](CC(C)C)C(=O)N[C@@H](CC(=O)O)C(=O)NCCOCCn1cc(CCC(=O)C[C@@H](CCCCN)C(=O)NCC(=O)C[C@H](C(=O)N[C@H](C)CO)C(C)C)nn1. The number of carboxylic acids is 1. The number of ether oxygens (including phenoxy) is 1. The number of carbonyl (C=O) groups is 9. The first-order valence-corrected chi connectivity index (χ1v) is 24.2. The van der Waals surface area contributed by atoms with E-state index in [0.29, 0.717) is 37.1 Å². The Balaban J connectivity index is 1.87. The number of hydrogen-bond acceptors (Lipinski definition) is 15. The molecule has 0 aliphatic carbocycles. The number of aliphatic hydroxyl groups excluding tert-OH is 1. The fourth-order valence-corrected chi connectivity index (χ4v) is 7.33. The van der Waals surface area contributed by atoms with Gasteiger partial charge < -0.3 is 57.7 Å². The van der Waals surface area contributed by atoms with Crippen LogP contribution in [0.4, 0.5) is 0 Å². The van der Waals surface area contributed by atoms with E-state index in [4.69, 9.17) is 10.5 Å². The number of Topliss-reactive ketones (excluding diaryl/α,β-unsaturated/α-hetero) is 2. The van der Waals surface area contributed by atoms with Crippen molar-refractivity contribution in [3.05, 3.63) is 41.7 Å². The minimum atomic E-state index is -1.50. The average Bonchev–Trinajstić information content (AvgIpc) is 3.76. The van der Waals surface area contributed by atoms with Gasteiger partial charge in [0.15, 0.2) is 5.78 Å². The Kier molecular flexibility index (Phi) is 27.9. The van der Waals surface area contributed by atoms with Crippen LogP contribution in [-0.4, -0.2) is 147 Å². The first kappa shape index (κ1) is 60.8. The van der Waals surface area contributed by atoms with Gasteiger partial charge in [-0.3, -0.25) is 43.2 Å². The number of benzene rings is 1. The molecule has 0 bridgehead atoms. The molecule has 0 saturated heterocycles. The normalized spacial score (nSPS) is 13.8. The Morgan fingerprint density at radius 2 is 1.44 bits per heavy atom. The van der Waals surface area contributed by atoms with Gasteiger partial charge in [-0.2, -0.15) is 0 Å². The number of carbonyl (C=O) groups excluding carboxylic acids is 8. The van der Waals surface area contributed by atoms with Gasteiger partial charge in [0.25, 0.3) is 0 Å². The number of rotatable bonds is 36. The van der Waals surface area contributed by atoms with E-state index < -0.39 is 77.9 Å². The summed E-state index contributed by atoms with van der Waals surface area (Å²) in [6.07, 6.45) is 2.93. The maximum atomic E-state index is 13.5. The van der Waals surface area contributed by atoms with Crippen molar-refractivity contribution >= 4 is 53.0 Å². The molecule has 0 unspecified atom stereocenters. The van der Waals surface area contributed by atoms with Crippen LogP contribution < -0.4 is 37.6 Å². The minimum absolute atomic E-state index is 0.0156. The molecule has 23 heteroatoms. The molecule has 0 fully saturated rings. The molecule has 1 heterocycles. The summed E-state index contributed by atoms with van der Waals surface area (Å²) in [5, 5.41) is 52.1. The van der Waals surface area contributed by atoms with Crippen molar-refractivity contribution in [2.75, 3.05) is 39.5 Å². The summed E-state index contributed by atoms with van der Waals surface area (Å²) in [7, 11) is 0. The number of carboxylic acid groups (broad SMARTS) is 1. The lowest BCUT2D eigenvalue weighted by molar-refractivity contribution is -0.141. The number of hydrogen-bond donors (Lipinski definition) is 10. The lowest BCUT2D eigenvalue weighted by atomic mass is 9.89. The van der Waals surface area contributed by atoms with Gasteiger partial charge in [-0.05, 0) is 68.7 Å². The number of amides is 6. The first-order chi connectivity index (χ1) is 33.6. The molecule has 2 aromatic rings. The summed E-state index contributed by atoms with van der Waals surface area (Å²) < 4.78 is 7.13.